The van der Waals surface area contributed by atoms with Gasteiger partial charge in [0, 0.05) is 21.9 Å². The molecule has 0 aliphatic carbocycles. The number of ether oxygens (including phenoxy) is 1. The molecule has 1 aromatic heterocycles. The minimum absolute atomic E-state index is 0.409. The highest BCUT2D eigenvalue weighted by molar-refractivity contribution is 6.30. The van der Waals surface area contributed by atoms with Gasteiger partial charge in [0.2, 0.25) is 5.88 Å². The van der Waals surface area contributed by atoms with Crippen LogP contribution in [0.3, 0.4) is 0 Å². The topological polar surface area (TPSA) is 61.0 Å². The minimum atomic E-state index is 0.409. The number of anilines is 1. The van der Waals surface area contributed by atoms with Gasteiger partial charge in [0.25, 0.3) is 0 Å². The molecular formula is C14H10ClN3O. The first kappa shape index (κ1) is 11.7. The van der Waals surface area contributed by atoms with Crippen LogP contribution < -0.4 is 10.5 Å². The lowest BCUT2D eigenvalue weighted by atomic mass is 10.2. The molecule has 1 heterocycles. The number of nitrogens with zero attached hydrogens (tertiary/aromatic N) is 2. The van der Waals surface area contributed by atoms with Gasteiger partial charge < -0.3 is 10.5 Å². The first-order valence-corrected chi connectivity index (χ1v) is 6.05. The molecule has 2 N–H and O–H groups in total. The largest absolute Gasteiger partial charge is 0.435 e. The number of hydrogen-bond acceptors (Lipinski definition) is 4. The monoisotopic (exact) mass is 271 g/mol. The fraction of sp³-hybridized carbons (Fsp3) is 0. The Kier molecular flexibility index (Phi) is 2.93. The highest BCUT2D eigenvalue weighted by atomic mass is 35.5. The molecule has 4 nitrogen and oxygen atoms in total. The molecule has 94 valence electrons. The Morgan fingerprint density at radius 2 is 1.95 bits per heavy atom. The summed E-state index contributed by atoms with van der Waals surface area (Å²) < 4.78 is 5.72. The van der Waals surface area contributed by atoms with Crippen molar-refractivity contribution in [1.29, 1.82) is 0 Å². The SMILES string of the molecule is Nc1ccc(Cl)cc1Oc1nncc2ccccc12. The lowest BCUT2D eigenvalue weighted by molar-refractivity contribution is 0.464. The van der Waals surface area contributed by atoms with E-state index in [1.165, 1.54) is 0 Å². The van der Waals surface area contributed by atoms with E-state index in [1.807, 2.05) is 24.3 Å². The quantitative estimate of drug-likeness (QED) is 0.723. The van der Waals surface area contributed by atoms with Crippen LogP contribution in [0.25, 0.3) is 10.8 Å². The number of hydrogen-bond donors (Lipinski definition) is 1. The molecular weight excluding hydrogens is 262 g/mol. The summed E-state index contributed by atoms with van der Waals surface area (Å²) in [6, 6.07) is 12.8. The number of halogens is 1. The van der Waals surface area contributed by atoms with Crippen molar-refractivity contribution in [3.05, 3.63) is 53.7 Å². The van der Waals surface area contributed by atoms with Crippen LogP contribution in [0.5, 0.6) is 11.6 Å². The summed E-state index contributed by atoms with van der Waals surface area (Å²) in [5.74, 6) is 0.880. The zero-order chi connectivity index (χ0) is 13.2. The normalized spacial score (nSPS) is 10.6. The van der Waals surface area contributed by atoms with E-state index in [1.54, 1.807) is 24.4 Å². The van der Waals surface area contributed by atoms with Crippen LogP contribution in [0.4, 0.5) is 5.69 Å². The van der Waals surface area contributed by atoms with Crippen LogP contribution in [0.1, 0.15) is 0 Å². The maximum Gasteiger partial charge on any atom is 0.246 e. The average Bonchev–Trinajstić information content (AvgIpc) is 2.43. The van der Waals surface area contributed by atoms with Gasteiger partial charge >= 0.3 is 0 Å². The molecule has 0 bridgehead atoms. The molecule has 0 spiro atoms. The third-order valence-electron chi connectivity index (χ3n) is 2.72. The minimum Gasteiger partial charge on any atom is -0.435 e. The molecule has 0 aliphatic heterocycles. The van der Waals surface area contributed by atoms with Crippen molar-refractivity contribution in [1.82, 2.24) is 10.2 Å². The molecule has 0 aliphatic rings. The van der Waals surface area contributed by atoms with E-state index in [-0.39, 0.29) is 0 Å². The number of nitrogen functional groups attached to an aromatic ring is 1. The smallest absolute Gasteiger partial charge is 0.246 e. The van der Waals surface area contributed by atoms with Crippen LogP contribution in [0, 0.1) is 0 Å². The molecule has 2 aromatic carbocycles. The third kappa shape index (κ3) is 2.30. The number of nitrogens with two attached hydrogens (primary N) is 1. The summed E-state index contributed by atoms with van der Waals surface area (Å²) in [5.41, 5.74) is 6.35. The van der Waals surface area contributed by atoms with Crippen molar-refractivity contribution in [3.8, 4) is 11.6 Å². The van der Waals surface area contributed by atoms with E-state index in [0.29, 0.717) is 22.3 Å². The number of fused-ring (bicyclic) bond motifs is 1. The predicted octanol–water partition coefficient (Wildman–Crippen LogP) is 3.66. The summed E-state index contributed by atoms with van der Waals surface area (Å²) in [4.78, 5) is 0. The fourth-order valence-corrected chi connectivity index (χ4v) is 1.94. The van der Waals surface area contributed by atoms with Gasteiger partial charge in [-0.25, -0.2) is 0 Å². The Labute approximate surface area is 114 Å². The summed E-state index contributed by atoms with van der Waals surface area (Å²) >= 11 is 5.93. The van der Waals surface area contributed by atoms with Crippen molar-refractivity contribution in [2.45, 2.75) is 0 Å². The Bertz CT molecular complexity index is 740. The molecule has 3 aromatic rings. The molecule has 0 saturated carbocycles. The van der Waals surface area contributed by atoms with E-state index >= 15 is 0 Å². The van der Waals surface area contributed by atoms with Crippen LogP contribution in [0.2, 0.25) is 5.02 Å². The summed E-state index contributed by atoms with van der Waals surface area (Å²) in [6.07, 6.45) is 1.68. The zero-order valence-electron chi connectivity index (χ0n) is 9.88. The van der Waals surface area contributed by atoms with Crippen molar-refractivity contribution in [3.63, 3.8) is 0 Å². The third-order valence-corrected chi connectivity index (χ3v) is 2.95. The molecule has 5 heteroatoms. The van der Waals surface area contributed by atoms with Crippen LogP contribution in [-0.2, 0) is 0 Å². The standard InChI is InChI=1S/C14H10ClN3O/c15-10-5-6-12(16)13(7-10)19-14-11-4-2-1-3-9(11)8-17-18-14/h1-8H,16H2. The Hall–Kier alpha value is -2.33. The van der Waals surface area contributed by atoms with E-state index in [9.17, 15) is 0 Å². The van der Waals surface area contributed by atoms with Crippen LogP contribution in [0.15, 0.2) is 48.7 Å². The molecule has 3 rings (SSSR count). The van der Waals surface area contributed by atoms with Gasteiger partial charge in [0.1, 0.15) is 0 Å². The highest BCUT2D eigenvalue weighted by Gasteiger charge is 2.08. The van der Waals surface area contributed by atoms with Gasteiger partial charge in [-0.2, -0.15) is 5.10 Å². The van der Waals surface area contributed by atoms with Gasteiger partial charge in [-0.1, -0.05) is 29.8 Å². The summed E-state index contributed by atoms with van der Waals surface area (Å²) in [7, 11) is 0. The zero-order valence-corrected chi connectivity index (χ0v) is 10.6. The van der Waals surface area contributed by atoms with E-state index < -0.39 is 0 Å². The predicted molar refractivity (Wildman–Crippen MR) is 75.5 cm³/mol. The number of aromatic nitrogens is 2. The van der Waals surface area contributed by atoms with Crippen molar-refractivity contribution >= 4 is 28.1 Å². The van der Waals surface area contributed by atoms with E-state index in [2.05, 4.69) is 10.2 Å². The Morgan fingerprint density at radius 1 is 1.11 bits per heavy atom. The number of benzene rings is 2. The van der Waals surface area contributed by atoms with Crippen LogP contribution >= 0.6 is 11.6 Å². The van der Waals surface area contributed by atoms with Crippen molar-refractivity contribution in [2.24, 2.45) is 0 Å². The van der Waals surface area contributed by atoms with Crippen molar-refractivity contribution in [2.75, 3.05) is 5.73 Å². The average molecular weight is 272 g/mol. The molecule has 0 atom stereocenters. The Morgan fingerprint density at radius 3 is 2.84 bits per heavy atom. The van der Waals surface area contributed by atoms with Crippen LogP contribution in [-0.4, -0.2) is 10.2 Å². The van der Waals surface area contributed by atoms with Gasteiger partial charge in [-0.3, -0.25) is 0 Å². The lowest BCUT2D eigenvalue weighted by Crippen LogP contribution is -1.95. The van der Waals surface area contributed by atoms with E-state index in [0.717, 1.165) is 10.8 Å². The molecule has 0 saturated heterocycles. The second kappa shape index (κ2) is 4.74. The first-order valence-electron chi connectivity index (χ1n) is 5.67. The second-order valence-electron chi connectivity index (χ2n) is 4.02. The van der Waals surface area contributed by atoms with Gasteiger partial charge in [-0.15, -0.1) is 5.10 Å². The maximum absolute atomic E-state index is 5.93. The fourth-order valence-electron chi connectivity index (χ4n) is 1.78. The lowest BCUT2D eigenvalue weighted by Gasteiger charge is -2.09. The second-order valence-corrected chi connectivity index (χ2v) is 4.46. The number of rotatable bonds is 2. The molecule has 0 radical (unpaired) electrons. The highest BCUT2D eigenvalue weighted by Crippen LogP contribution is 2.32. The molecule has 19 heavy (non-hydrogen) atoms. The van der Waals surface area contributed by atoms with Gasteiger partial charge in [0.05, 0.1) is 11.9 Å². The summed E-state index contributed by atoms with van der Waals surface area (Å²) in [5, 5.41) is 10.3. The van der Waals surface area contributed by atoms with E-state index in [4.69, 9.17) is 22.1 Å². The Balaban J connectivity index is 2.08. The summed E-state index contributed by atoms with van der Waals surface area (Å²) in [6.45, 7) is 0. The molecule has 0 fully saturated rings. The van der Waals surface area contributed by atoms with Crippen molar-refractivity contribution < 1.29 is 4.74 Å². The van der Waals surface area contributed by atoms with Gasteiger partial charge in [0.15, 0.2) is 5.75 Å². The van der Waals surface area contributed by atoms with Gasteiger partial charge in [-0.05, 0) is 18.2 Å². The maximum atomic E-state index is 5.93. The first-order chi connectivity index (χ1) is 9.24. The molecule has 0 amide bonds. The molecule has 0 unspecified atom stereocenters.